The van der Waals surface area contributed by atoms with E-state index in [1.165, 1.54) is 5.56 Å². The molecule has 0 saturated heterocycles. The van der Waals surface area contributed by atoms with Gasteiger partial charge in [0, 0.05) is 6.04 Å². The summed E-state index contributed by atoms with van der Waals surface area (Å²) in [6.07, 6.45) is 9.25. The second-order valence-corrected chi connectivity index (χ2v) is 5.45. The molecule has 0 heterocycles. The molecule has 114 valence electrons. The normalized spacial score (nSPS) is 15.1. The Labute approximate surface area is 127 Å². The Bertz CT molecular complexity index is 491. The van der Waals surface area contributed by atoms with Gasteiger partial charge in [-0.2, -0.15) is 0 Å². The van der Waals surface area contributed by atoms with Gasteiger partial charge in [-0.3, -0.25) is 4.79 Å². The zero-order valence-corrected chi connectivity index (χ0v) is 13.0. The topological polar surface area (TPSA) is 69.1 Å². The molecule has 0 spiro atoms. The Balaban J connectivity index is 2.34. The van der Waals surface area contributed by atoms with Gasteiger partial charge in [0.2, 0.25) is 5.91 Å². The molecular formula is C18H26N2O. The molecule has 2 atom stereocenters. The Hall–Kier alpha value is -1.87. The lowest BCUT2D eigenvalue weighted by Crippen LogP contribution is -2.35. The highest BCUT2D eigenvalue weighted by Crippen LogP contribution is 2.08. The van der Waals surface area contributed by atoms with Gasteiger partial charge >= 0.3 is 0 Å². The van der Waals surface area contributed by atoms with Crippen LogP contribution in [-0.2, 0) is 11.2 Å². The number of carbonyl (C=O) groups is 1. The van der Waals surface area contributed by atoms with E-state index in [9.17, 15) is 4.79 Å². The summed E-state index contributed by atoms with van der Waals surface area (Å²) in [5, 5.41) is 0. The van der Waals surface area contributed by atoms with Crippen LogP contribution in [0.4, 0.5) is 0 Å². The standard InChI is InChI=1S/C18H26N2O/c1-14(12-13-17(19)15(2)18(20)21)8-6-7-11-16-9-4-3-5-10-16/h3-5,8-10,12-13,15,17H,6-7,11,19H2,1-2H3,(H2,20,21)/b13-12+,14-8+/t15-,17?/m0/s1. The lowest BCUT2D eigenvalue weighted by atomic mass is 10.0. The Morgan fingerprint density at radius 1 is 1.29 bits per heavy atom. The van der Waals surface area contributed by atoms with Gasteiger partial charge < -0.3 is 11.5 Å². The SMILES string of the molecule is CC(/C=C/C(N)[C@H](C)C(N)=O)=C\CCCc1ccccc1. The van der Waals surface area contributed by atoms with Crippen molar-refractivity contribution in [3.05, 3.63) is 59.7 Å². The van der Waals surface area contributed by atoms with Crippen LogP contribution in [0.2, 0.25) is 0 Å². The zero-order valence-electron chi connectivity index (χ0n) is 13.0. The fraction of sp³-hybridized carbons (Fsp3) is 0.389. The van der Waals surface area contributed by atoms with Crippen LogP contribution in [0.15, 0.2) is 54.1 Å². The van der Waals surface area contributed by atoms with Crippen molar-refractivity contribution in [2.45, 2.75) is 39.2 Å². The van der Waals surface area contributed by atoms with Crippen molar-refractivity contribution in [3.8, 4) is 0 Å². The van der Waals surface area contributed by atoms with Gasteiger partial charge in [-0.25, -0.2) is 0 Å². The fourth-order valence-electron chi connectivity index (χ4n) is 1.97. The second-order valence-electron chi connectivity index (χ2n) is 5.45. The molecule has 1 rings (SSSR count). The van der Waals surface area contributed by atoms with Crippen molar-refractivity contribution in [2.24, 2.45) is 17.4 Å². The number of rotatable bonds is 8. The summed E-state index contributed by atoms with van der Waals surface area (Å²) in [5.74, 6) is -0.705. The van der Waals surface area contributed by atoms with Crippen molar-refractivity contribution in [1.29, 1.82) is 0 Å². The first-order valence-electron chi connectivity index (χ1n) is 7.44. The predicted octanol–water partition coefficient (Wildman–Crippen LogP) is 2.96. The van der Waals surface area contributed by atoms with Crippen LogP contribution in [0.5, 0.6) is 0 Å². The zero-order chi connectivity index (χ0) is 15.7. The molecule has 0 aliphatic rings. The first kappa shape index (κ1) is 17.2. The molecule has 0 aliphatic heterocycles. The molecule has 3 nitrogen and oxygen atoms in total. The molecular weight excluding hydrogens is 260 g/mol. The number of unbranched alkanes of at least 4 members (excludes halogenated alkanes) is 1. The van der Waals surface area contributed by atoms with Gasteiger partial charge in [0.15, 0.2) is 0 Å². The average molecular weight is 286 g/mol. The first-order valence-corrected chi connectivity index (χ1v) is 7.44. The lowest BCUT2D eigenvalue weighted by molar-refractivity contribution is -0.121. The lowest BCUT2D eigenvalue weighted by Gasteiger charge is -2.12. The number of primary amides is 1. The van der Waals surface area contributed by atoms with Crippen LogP contribution in [0.3, 0.4) is 0 Å². The van der Waals surface area contributed by atoms with Crippen LogP contribution >= 0.6 is 0 Å². The van der Waals surface area contributed by atoms with Gasteiger partial charge in [-0.15, -0.1) is 0 Å². The van der Waals surface area contributed by atoms with Crippen LogP contribution in [0, 0.1) is 5.92 Å². The summed E-state index contributed by atoms with van der Waals surface area (Å²) < 4.78 is 0. The highest BCUT2D eigenvalue weighted by atomic mass is 16.1. The first-order chi connectivity index (χ1) is 10.0. The van der Waals surface area contributed by atoms with Crippen molar-refractivity contribution >= 4 is 5.91 Å². The van der Waals surface area contributed by atoms with Crippen molar-refractivity contribution in [1.82, 2.24) is 0 Å². The summed E-state index contributed by atoms with van der Waals surface area (Å²) in [6.45, 7) is 3.79. The van der Waals surface area contributed by atoms with Crippen LogP contribution in [0.25, 0.3) is 0 Å². The minimum absolute atomic E-state index is 0.324. The molecule has 1 unspecified atom stereocenters. The molecule has 1 aromatic carbocycles. The summed E-state index contributed by atoms with van der Waals surface area (Å²) in [6, 6.07) is 10.2. The van der Waals surface area contributed by atoms with Crippen molar-refractivity contribution < 1.29 is 4.79 Å². The van der Waals surface area contributed by atoms with E-state index in [0.29, 0.717) is 0 Å². The third-order valence-electron chi connectivity index (χ3n) is 3.59. The highest BCUT2D eigenvalue weighted by Gasteiger charge is 2.14. The molecule has 3 heteroatoms. The van der Waals surface area contributed by atoms with Crippen LogP contribution < -0.4 is 11.5 Å². The largest absolute Gasteiger partial charge is 0.369 e. The van der Waals surface area contributed by atoms with Crippen LogP contribution in [0.1, 0.15) is 32.3 Å². The molecule has 0 bridgehead atoms. The van der Waals surface area contributed by atoms with E-state index in [0.717, 1.165) is 24.8 Å². The predicted molar refractivity (Wildman–Crippen MR) is 88.6 cm³/mol. The van der Waals surface area contributed by atoms with E-state index in [1.807, 2.05) is 25.1 Å². The molecule has 0 radical (unpaired) electrons. The monoisotopic (exact) mass is 286 g/mol. The summed E-state index contributed by atoms with van der Waals surface area (Å²) in [5.41, 5.74) is 13.6. The molecule has 21 heavy (non-hydrogen) atoms. The highest BCUT2D eigenvalue weighted by molar-refractivity contribution is 5.77. The number of amides is 1. The van der Waals surface area contributed by atoms with Crippen molar-refractivity contribution in [2.75, 3.05) is 0 Å². The van der Waals surface area contributed by atoms with Gasteiger partial charge in [0.25, 0.3) is 0 Å². The van der Waals surface area contributed by atoms with Gasteiger partial charge in [-0.1, -0.05) is 61.1 Å². The number of benzene rings is 1. The molecule has 1 amide bonds. The Kier molecular flexibility index (Phi) is 7.48. The number of hydrogen-bond donors (Lipinski definition) is 2. The number of hydrogen-bond acceptors (Lipinski definition) is 2. The smallest absolute Gasteiger partial charge is 0.222 e. The molecule has 0 fully saturated rings. The van der Waals surface area contributed by atoms with E-state index in [1.54, 1.807) is 6.92 Å². The Morgan fingerprint density at radius 3 is 2.57 bits per heavy atom. The molecule has 0 saturated carbocycles. The minimum Gasteiger partial charge on any atom is -0.369 e. The summed E-state index contributed by atoms with van der Waals surface area (Å²) in [4.78, 5) is 11.0. The quantitative estimate of drug-likeness (QED) is 0.570. The number of carbonyl (C=O) groups excluding carboxylic acids is 1. The third kappa shape index (κ3) is 6.91. The molecule has 0 aromatic heterocycles. The number of aryl methyl sites for hydroxylation is 1. The average Bonchev–Trinajstić information content (AvgIpc) is 2.49. The third-order valence-corrected chi connectivity index (χ3v) is 3.59. The van der Waals surface area contributed by atoms with E-state index >= 15 is 0 Å². The summed E-state index contributed by atoms with van der Waals surface area (Å²) in [7, 11) is 0. The number of allylic oxidation sites excluding steroid dienone is 3. The van der Waals surface area contributed by atoms with E-state index < -0.39 is 0 Å². The fourth-order valence-corrected chi connectivity index (χ4v) is 1.97. The van der Waals surface area contributed by atoms with E-state index in [-0.39, 0.29) is 17.9 Å². The molecule has 0 aliphatic carbocycles. The maximum Gasteiger partial charge on any atom is 0.222 e. The molecule has 4 N–H and O–H groups in total. The van der Waals surface area contributed by atoms with Crippen LogP contribution in [-0.4, -0.2) is 11.9 Å². The second kappa shape index (κ2) is 9.14. The van der Waals surface area contributed by atoms with E-state index in [2.05, 4.69) is 30.3 Å². The van der Waals surface area contributed by atoms with Gasteiger partial charge in [-0.05, 0) is 31.7 Å². The van der Waals surface area contributed by atoms with E-state index in [4.69, 9.17) is 11.5 Å². The molecule has 1 aromatic rings. The minimum atomic E-state index is -0.364. The number of nitrogens with two attached hydrogens (primary N) is 2. The summed E-state index contributed by atoms with van der Waals surface area (Å²) >= 11 is 0. The Morgan fingerprint density at radius 2 is 1.95 bits per heavy atom. The van der Waals surface area contributed by atoms with Gasteiger partial charge in [0.05, 0.1) is 5.92 Å². The maximum atomic E-state index is 11.0. The van der Waals surface area contributed by atoms with Gasteiger partial charge in [0.1, 0.15) is 0 Å². The van der Waals surface area contributed by atoms with Crippen molar-refractivity contribution in [3.63, 3.8) is 0 Å². The maximum absolute atomic E-state index is 11.0.